The summed E-state index contributed by atoms with van der Waals surface area (Å²) in [7, 11) is -3.08. The Kier molecular flexibility index (Phi) is 6.99. The Morgan fingerprint density at radius 2 is 1.78 bits per heavy atom. The van der Waals surface area contributed by atoms with Crippen LogP contribution in [-0.4, -0.2) is 56.1 Å². The summed E-state index contributed by atoms with van der Waals surface area (Å²) in [6.07, 6.45) is 3.24. The van der Waals surface area contributed by atoms with Crippen LogP contribution < -0.4 is 0 Å². The molecular weight excluding hydrogens is 315 g/mol. The first kappa shape index (κ1) is 18.4. The Morgan fingerprint density at radius 1 is 1.09 bits per heavy atom. The topological polar surface area (TPSA) is 40.6 Å². The van der Waals surface area contributed by atoms with Crippen molar-refractivity contribution in [3.05, 3.63) is 35.6 Å². The van der Waals surface area contributed by atoms with E-state index in [0.29, 0.717) is 13.1 Å². The summed E-state index contributed by atoms with van der Waals surface area (Å²) in [6.45, 7) is 5.57. The number of hydrogen-bond donors (Lipinski definition) is 0. The predicted molar refractivity (Wildman–Crippen MR) is 91.4 cm³/mol. The fraction of sp³-hybridized carbons (Fsp3) is 0.647. The van der Waals surface area contributed by atoms with E-state index in [2.05, 4.69) is 4.90 Å². The molecule has 1 fully saturated rings. The first-order valence-corrected chi connectivity index (χ1v) is 10.1. The molecule has 23 heavy (non-hydrogen) atoms. The molecule has 4 nitrogen and oxygen atoms in total. The summed E-state index contributed by atoms with van der Waals surface area (Å²) in [5.41, 5.74) is 0.758. The summed E-state index contributed by atoms with van der Waals surface area (Å²) in [4.78, 5) is 2.27. The maximum atomic E-state index is 13.6. The molecule has 1 heterocycles. The molecule has 0 radical (unpaired) electrons. The van der Waals surface area contributed by atoms with Crippen LogP contribution in [0, 0.1) is 5.82 Å². The molecule has 1 aromatic carbocycles. The SMILES string of the molecule is CCCCS(=O)(=O)N1CCN(CCCc2ccccc2F)CC1. The van der Waals surface area contributed by atoms with Gasteiger partial charge in [-0.25, -0.2) is 12.8 Å². The Bertz CT molecular complexity index is 584. The summed E-state index contributed by atoms with van der Waals surface area (Å²) in [5, 5.41) is 0. The first-order chi connectivity index (χ1) is 11.0. The molecule has 0 spiro atoms. The summed E-state index contributed by atoms with van der Waals surface area (Å²) < 4.78 is 39.5. The second kappa shape index (κ2) is 8.76. The van der Waals surface area contributed by atoms with Crippen molar-refractivity contribution in [2.75, 3.05) is 38.5 Å². The number of benzene rings is 1. The van der Waals surface area contributed by atoms with Crippen molar-refractivity contribution in [2.24, 2.45) is 0 Å². The quantitative estimate of drug-likeness (QED) is 0.729. The zero-order valence-electron chi connectivity index (χ0n) is 13.9. The van der Waals surface area contributed by atoms with Gasteiger partial charge in [-0.3, -0.25) is 0 Å². The van der Waals surface area contributed by atoms with Gasteiger partial charge in [-0.05, 0) is 37.4 Å². The Hall–Kier alpha value is -0.980. The molecule has 0 aromatic heterocycles. The number of halogens is 1. The normalized spacial score (nSPS) is 17.5. The Balaban J connectivity index is 1.72. The molecule has 130 valence electrons. The van der Waals surface area contributed by atoms with Gasteiger partial charge in [0.05, 0.1) is 5.75 Å². The van der Waals surface area contributed by atoms with Gasteiger partial charge < -0.3 is 4.90 Å². The number of rotatable bonds is 8. The van der Waals surface area contributed by atoms with Gasteiger partial charge in [0, 0.05) is 26.2 Å². The Morgan fingerprint density at radius 3 is 2.43 bits per heavy atom. The molecular formula is C17H27FN2O2S. The number of sulfonamides is 1. The molecule has 1 saturated heterocycles. The zero-order valence-corrected chi connectivity index (χ0v) is 14.7. The summed E-state index contributed by atoms with van der Waals surface area (Å²) >= 11 is 0. The molecule has 0 saturated carbocycles. The van der Waals surface area contributed by atoms with Gasteiger partial charge in [0.15, 0.2) is 0 Å². The first-order valence-electron chi connectivity index (χ1n) is 8.46. The summed E-state index contributed by atoms with van der Waals surface area (Å²) in [6, 6.07) is 6.89. The highest BCUT2D eigenvalue weighted by Gasteiger charge is 2.25. The minimum absolute atomic E-state index is 0.140. The van der Waals surface area contributed by atoms with E-state index in [1.54, 1.807) is 10.4 Å². The number of hydrogen-bond acceptors (Lipinski definition) is 3. The van der Waals surface area contributed by atoms with Crippen LogP contribution in [0.4, 0.5) is 4.39 Å². The van der Waals surface area contributed by atoms with Crippen molar-refractivity contribution in [3.63, 3.8) is 0 Å². The number of nitrogens with zero attached hydrogens (tertiary/aromatic N) is 2. The maximum absolute atomic E-state index is 13.6. The number of aryl methyl sites for hydroxylation is 1. The number of piperazine rings is 1. The van der Waals surface area contributed by atoms with Crippen molar-refractivity contribution in [2.45, 2.75) is 32.6 Å². The van der Waals surface area contributed by atoms with Crippen LogP contribution >= 0.6 is 0 Å². The van der Waals surface area contributed by atoms with Crippen molar-refractivity contribution in [3.8, 4) is 0 Å². The predicted octanol–water partition coefficient (Wildman–Crippen LogP) is 2.51. The smallest absolute Gasteiger partial charge is 0.214 e. The number of unbranched alkanes of at least 4 members (excludes halogenated alkanes) is 1. The van der Waals surface area contributed by atoms with E-state index in [0.717, 1.165) is 50.9 Å². The van der Waals surface area contributed by atoms with Crippen LogP contribution in [0.15, 0.2) is 24.3 Å². The van der Waals surface area contributed by atoms with Gasteiger partial charge >= 0.3 is 0 Å². The van der Waals surface area contributed by atoms with Gasteiger partial charge in [0.1, 0.15) is 5.82 Å². The van der Waals surface area contributed by atoms with E-state index in [-0.39, 0.29) is 11.6 Å². The van der Waals surface area contributed by atoms with E-state index in [1.165, 1.54) is 6.07 Å². The third-order valence-corrected chi connectivity index (χ3v) is 6.32. The monoisotopic (exact) mass is 342 g/mol. The second-order valence-electron chi connectivity index (χ2n) is 6.11. The second-order valence-corrected chi connectivity index (χ2v) is 8.19. The van der Waals surface area contributed by atoms with Crippen LogP contribution in [-0.2, 0) is 16.4 Å². The maximum Gasteiger partial charge on any atom is 0.214 e. The highest BCUT2D eigenvalue weighted by atomic mass is 32.2. The van der Waals surface area contributed by atoms with E-state index < -0.39 is 10.0 Å². The average Bonchev–Trinajstić information content (AvgIpc) is 2.55. The van der Waals surface area contributed by atoms with Crippen LogP contribution in [0.1, 0.15) is 31.7 Å². The summed E-state index contributed by atoms with van der Waals surface area (Å²) in [5.74, 6) is 0.121. The minimum Gasteiger partial charge on any atom is -0.301 e. The largest absolute Gasteiger partial charge is 0.301 e. The zero-order chi connectivity index (χ0) is 16.7. The highest BCUT2D eigenvalue weighted by molar-refractivity contribution is 7.89. The van der Waals surface area contributed by atoms with Crippen molar-refractivity contribution < 1.29 is 12.8 Å². The van der Waals surface area contributed by atoms with Gasteiger partial charge in [0.25, 0.3) is 0 Å². The van der Waals surface area contributed by atoms with Crippen molar-refractivity contribution in [1.82, 2.24) is 9.21 Å². The third kappa shape index (κ3) is 5.55. The molecule has 2 rings (SSSR count). The van der Waals surface area contributed by atoms with Crippen molar-refractivity contribution >= 4 is 10.0 Å². The molecule has 0 aliphatic carbocycles. The van der Waals surface area contributed by atoms with Crippen LogP contribution in [0.3, 0.4) is 0 Å². The lowest BCUT2D eigenvalue weighted by Crippen LogP contribution is -2.49. The van der Waals surface area contributed by atoms with Gasteiger partial charge in [-0.15, -0.1) is 0 Å². The lowest BCUT2D eigenvalue weighted by atomic mass is 10.1. The van der Waals surface area contributed by atoms with Crippen LogP contribution in [0.25, 0.3) is 0 Å². The van der Waals surface area contributed by atoms with Crippen LogP contribution in [0.2, 0.25) is 0 Å². The van der Waals surface area contributed by atoms with E-state index in [9.17, 15) is 12.8 Å². The third-order valence-electron chi connectivity index (χ3n) is 4.36. The van der Waals surface area contributed by atoms with E-state index in [4.69, 9.17) is 0 Å². The van der Waals surface area contributed by atoms with E-state index in [1.807, 2.05) is 19.1 Å². The van der Waals surface area contributed by atoms with E-state index >= 15 is 0 Å². The highest BCUT2D eigenvalue weighted by Crippen LogP contribution is 2.12. The Labute approximate surface area is 139 Å². The standard InChI is InChI=1S/C17H27FN2O2S/c1-2-3-15-23(21,22)20-13-11-19(12-14-20)10-6-8-16-7-4-5-9-17(16)18/h4-5,7,9H,2-3,6,8,10-15H2,1H3. The minimum atomic E-state index is -3.08. The van der Waals surface area contributed by atoms with Crippen LogP contribution in [0.5, 0.6) is 0 Å². The van der Waals surface area contributed by atoms with Gasteiger partial charge in [-0.2, -0.15) is 4.31 Å². The lowest BCUT2D eigenvalue weighted by molar-refractivity contribution is 0.186. The fourth-order valence-electron chi connectivity index (χ4n) is 2.88. The van der Waals surface area contributed by atoms with Crippen molar-refractivity contribution in [1.29, 1.82) is 0 Å². The molecule has 1 aromatic rings. The molecule has 0 unspecified atom stereocenters. The molecule has 1 aliphatic rings. The molecule has 0 bridgehead atoms. The average molecular weight is 342 g/mol. The molecule has 0 atom stereocenters. The molecule has 0 N–H and O–H groups in total. The molecule has 6 heteroatoms. The fourth-order valence-corrected chi connectivity index (χ4v) is 4.51. The van der Waals surface area contributed by atoms with Gasteiger partial charge in [-0.1, -0.05) is 31.5 Å². The lowest BCUT2D eigenvalue weighted by Gasteiger charge is -2.34. The molecule has 1 aliphatic heterocycles. The van der Waals surface area contributed by atoms with Gasteiger partial charge in [0.2, 0.25) is 10.0 Å². The molecule has 0 amide bonds.